The van der Waals surface area contributed by atoms with Crippen LogP contribution in [0.25, 0.3) is 10.2 Å². The molecule has 0 saturated carbocycles. The Morgan fingerprint density at radius 3 is 2.85 bits per heavy atom. The first-order valence-electron chi connectivity index (χ1n) is 9.15. The fraction of sp³-hybridized carbons (Fsp3) is 0.632. The highest BCUT2D eigenvalue weighted by Gasteiger charge is 2.31. The average molecular weight is 394 g/mol. The third kappa shape index (κ3) is 4.14. The molecule has 2 aromatic rings. The highest BCUT2D eigenvalue weighted by Crippen LogP contribution is 2.44. The number of aryl methyl sites for hydroxylation is 1. The third-order valence-corrected chi connectivity index (χ3v) is 6.90. The number of hydrogen-bond donors (Lipinski definition) is 1. The third-order valence-electron chi connectivity index (χ3n) is 4.93. The molecule has 0 aromatic carbocycles. The van der Waals surface area contributed by atoms with Crippen LogP contribution in [-0.2, 0) is 22.4 Å². The molecule has 0 fully saturated rings. The highest BCUT2D eigenvalue weighted by molar-refractivity contribution is 7.99. The van der Waals surface area contributed by atoms with Gasteiger partial charge in [0.05, 0.1) is 17.7 Å². The maximum atomic E-state index is 11.7. The van der Waals surface area contributed by atoms with E-state index in [2.05, 4.69) is 30.7 Å². The standard InChI is InChI=1S/C19H27N3O2S2/c1-5-8-24-14(23)10-25-18-21-16(20)15-12-7-6-11(19(2,3)4)9-13(12)26-17(15)22-18/h11H,5-10H2,1-4H3,(H2,20,21,22). The van der Waals surface area contributed by atoms with Crippen LogP contribution >= 0.6 is 23.1 Å². The number of anilines is 1. The lowest BCUT2D eigenvalue weighted by Crippen LogP contribution is -2.26. The maximum absolute atomic E-state index is 11.7. The number of esters is 1. The van der Waals surface area contributed by atoms with Crippen molar-refractivity contribution in [2.24, 2.45) is 11.3 Å². The maximum Gasteiger partial charge on any atom is 0.316 e. The molecular formula is C19H27N3O2S2. The second-order valence-corrected chi connectivity index (χ2v) is 9.92. The minimum Gasteiger partial charge on any atom is -0.465 e. The zero-order valence-electron chi connectivity index (χ0n) is 15.9. The smallest absolute Gasteiger partial charge is 0.316 e. The molecule has 1 aliphatic rings. The van der Waals surface area contributed by atoms with Crippen molar-refractivity contribution in [1.82, 2.24) is 9.97 Å². The van der Waals surface area contributed by atoms with Crippen molar-refractivity contribution < 1.29 is 9.53 Å². The van der Waals surface area contributed by atoms with Crippen molar-refractivity contribution in [1.29, 1.82) is 0 Å². The van der Waals surface area contributed by atoms with E-state index < -0.39 is 0 Å². The van der Waals surface area contributed by atoms with Crippen LogP contribution < -0.4 is 5.73 Å². The minimum atomic E-state index is -0.238. The lowest BCUT2D eigenvalue weighted by atomic mass is 9.72. The van der Waals surface area contributed by atoms with Crippen LogP contribution in [-0.4, -0.2) is 28.3 Å². The van der Waals surface area contributed by atoms with E-state index >= 15 is 0 Å². The monoisotopic (exact) mass is 393 g/mol. The van der Waals surface area contributed by atoms with Gasteiger partial charge in [-0.15, -0.1) is 11.3 Å². The molecule has 7 heteroatoms. The first-order chi connectivity index (χ1) is 12.3. The molecule has 142 valence electrons. The van der Waals surface area contributed by atoms with Gasteiger partial charge in [0.25, 0.3) is 0 Å². The second-order valence-electron chi connectivity index (χ2n) is 7.89. The van der Waals surface area contributed by atoms with E-state index in [-0.39, 0.29) is 11.7 Å². The van der Waals surface area contributed by atoms with E-state index in [0.29, 0.717) is 28.9 Å². The molecule has 1 atom stereocenters. The quantitative estimate of drug-likeness (QED) is 0.459. The van der Waals surface area contributed by atoms with Crippen LogP contribution in [0, 0.1) is 11.3 Å². The molecule has 5 nitrogen and oxygen atoms in total. The number of rotatable bonds is 5. The summed E-state index contributed by atoms with van der Waals surface area (Å²) in [7, 11) is 0. The lowest BCUT2D eigenvalue weighted by Gasteiger charge is -2.33. The van der Waals surface area contributed by atoms with Crippen LogP contribution in [0.15, 0.2) is 5.16 Å². The fourth-order valence-electron chi connectivity index (χ4n) is 3.37. The topological polar surface area (TPSA) is 78.1 Å². The van der Waals surface area contributed by atoms with E-state index in [9.17, 15) is 4.79 Å². The zero-order chi connectivity index (χ0) is 18.9. The van der Waals surface area contributed by atoms with Crippen molar-refractivity contribution in [3.63, 3.8) is 0 Å². The van der Waals surface area contributed by atoms with Gasteiger partial charge in [-0.05, 0) is 42.6 Å². The SMILES string of the molecule is CCCOC(=O)CSc1nc(N)c2c3c(sc2n1)CC(C(C)(C)C)CC3. The summed E-state index contributed by atoms with van der Waals surface area (Å²) in [5.41, 5.74) is 7.90. The van der Waals surface area contributed by atoms with E-state index in [1.807, 2.05) is 6.92 Å². The first kappa shape index (κ1) is 19.4. The van der Waals surface area contributed by atoms with Gasteiger partial charge in [-0.1, -0.05) is 39.5 Å². The van der Waals surface area contributed by atoms with E-state index in [4.69, 9.17) is 10.5 Å². The van der Waals surface area contributed by atoms with Crippen LogP contribution in [0.4, 0.5) is 5.82 Å². The number of hydrogen-bond acceptors (Lipinski definition) is 7. The Hall–Kier alpha value is -1.34. The number of carbonyl (C=O) groups is 1. The molecule has 0 spiro atoms. The van der Waals surface area contributed by atoms with Gasteiger partial charge in [-0.3, -0.25) is 4.79 Å². The average Bonchev–Trinajstić information content (AvgIpc) is 2.95. The van der Waals surface area contributed by atoms with Gasteiger partial charge in [-0.2, -0.15) is 0 Å². The summed E-state index contributed by atoms with van der Waals surface area (Å²) in [6.07, 6.45) is 4.13. The van der Waals surface area contributed by atoms with E-state index in [1.165, 1.54) is 28.6 Å². The molecule has 0 amide bonds. The van der Waals surface area contributed by atoms with Crippen molar-refractivity contribution in [3.8, 4) is 0 Å². The molecule has 2 N–H and O–H groups in total. The summed E-state index contributed by atoms with van der Waals surface area (Å²) < 4.78 is 5.10. The summed E-state index contributed by atoms with van der Waals surface area (Å²) in [6.45, 7) is 9.37. The van der Waals surface area contributed by atoms with Crippen molar-refractivity contribution in [2.75, 3.05) is 18.1 Å². The fourth-order valence-corrected chi connectivity index (χ4v) is 5.38. The van der Waals surface area contributed by atoms with Gasteiger partial charge in [0, 0.05) is 4.88 Å². The number of thiophene rings is 1. The number of nitrogens with zero attached hydrogens (tertiary/aromatic N) is 2. The number of ether oxygens (including phenoxy) is 1. The number of thioether (sulfide) groups is 1. The number of aromatic nitrogens is 2. The lowest BCUT2D eigenvalue weighted by molar-refractivity contribution is -0.140. The molecule has 26 heavy (non-hydrogen) atoms. The highest BCUT2D eigenvalue weighted by atomic mass is 32.2. The largest absolute Gasteiger partial charge is 0.465 e. The summed E-state index contributed by atoms with van der Waals surface area (Å²) in [4.78, 5) is 23.1. The van der Waals surface area contributed by atoms with Gasteiger partial charge in [-0.25, -0.2) is 9.97 Å². The summed E-state index contributed by atoms with van der Waals surface area (Å²) in [6, 6.07) is 0. The van der Waals surface area contributed by atoms with Crippen molar-refractivity contribution in [3.05, 3.63) is 10.4 Å². The Kier molecular flexibility index (Phi) is 5.77. The Balaban J connectivity index is 1.81. The Bertz CT molecular complexity index is 811. The van der Waals surface area contributed by atoms with Crippen LogP contribution in [0.5, 0.6) is 0 Å². The molecule has 0 aliphatic heterocycles. The summed E-state index contributed by atoms with van der Waals surface area (Å²) >= 11 is 3.02. The molecule has 2 aromatic heterocycles. The molecule has 0 bridgehead atoms. The molecule has 0 saturated heterocycles. The van der Waals surface area contributed by atoms with Crippen LogP contribution in [0.1, 0.15) is 51.0 Å². The second kappa shape index (κ2) is 7.72. The first-order valence-corrected chi connectivity index (χ1v) is 11.0. The predicted octanol–water partition coefficient (Wildman–Crippen LogP) is 4.47. The number of nitrogens with two attached hydrogens (primary N) is 1. The molecule has 3 rings (SSSR count). The van der Waals surface area contributed by atoms with Gasteiger partial charge in [0.15, 0.2) is 5.16 Å². The molecule has 1 unspecified atom stereocenters. The predicted molar refractivity (Wildman–Crippen MR) is 109 cm³/mol. The van der Waals surface area contributed by atoms with Gasteiger partial charge < -0.3 is 10.5 Å². The molecule has 2 heterocycles. The molecular weight excluding hydrogens is 366 g/mol. The minimum absolute atomic E-state index is 0.210. The number of carbonyl (C=O) groups excluding carboxylic acids is 1. The number of fused-ring (bicyclic) bond motifs is 3. The normalized spacial score (nSPS) is 17.3. The van der Waals surface area contributed by atoms with Gasteiger partial charge >= 0.3 is 5.97 Å². The van der Waals surface area contributed by atoms with Crippen molar-refractivity contribution in [2.45, 2.75) is 58.5 Å². The Morgan fingerprint density at radius 1 is 1.38 bits per heavy atom. The Morgan fingerprint density at radius 2 is 2.15 bits per heavy atom. The van der Waals surface area contributed by atoms with Gasteiger partial charge in [0.1, 0.15) is 10.6 Å². The number of nitrogen functional groups attached to an aromatic ring is 1. The van der Waals surface area contributed by atoms with Gasteiger partial charge in [0.2, 0.25) is 0 Å². The van der Waals surface area contributed by atoms with Crippen LogP contribution in [0.2, 0.25) is 0 Å². The Labute approximate surface area is 163 Å². The van der Waals surface area contributed by atoms with E-state index in [0.717, 1.165) is 29.5 Å². The summed E-state index contributed by atoms with van der Waals surface area (Å²) in [5.74, 6) is 1.19. The van der Waals surface area contributed by atoms with E-state index in [1.54, 1.807) is 11.3 Å². The molecule has 1 aliphatic carbocycles. The van der Waals surface area contributed by atoms with Crippen LogP contribution in [0.3, 0.4) is 0 Å². The summed E-state index contributed by atoms with van der Waals surface area (Å²) in [5, 5.41) is 1.57. The molecule has 0 radical (unpaired) electrons. The zero-order valence-corrected chi connectivity index (χ0v) is 17.6. The van der Waals surface area contributed by atoms with Crippen molar-refractivity contribution >= 4 is 45.1 Å².